The number of fused-ring (bicyclic) bond motifs is 4. The van der Waals surface area contributed by atoms with Gasteiger partial charge in [-0.25, -0.2) is 9.59 Å². The lowest BCUT2D eigenvalue weighted by molar-refractivity contribution is 0.0378. The fraction of sp³-hybridized carbons (Fsp3) is 0.222. The van der Waals surface area contributed by atoms with E-state index in [4.69, 9.17) is 9.47 Å². The van der Waals surface area contributed by atoms with Crippen molar-refractivity contribution >= 4 is 29.3 Å². The number of nitrogens with one attached hydrogen (secondary N) is 2. The van der Waals surface area contributed by atoms with Crippen LogP contribution in [0, 0.1) is 0 Å². The number of nitrogens with zero attached hydrogens (tertiary/aromatic N) is 1. The predicted molar refractivity (Wildman–Crippen MR) is 131 cm³/mol. The topological polar surface area (TPSA) is 97.0 Å². The van der Waals surface area contributed by atoms with Crippen LogP contribution in [0.3, 0.4) is 0 Å². The fourth-order valence-electron chi connectivity index (χ4n) is 4.61. The van der Waals surface area contributed by atoms with E-state index in [-0.39, 0.29) is 18.0 Å². The monoisotopic (exact) mass is 471 g/mol. The minimum atomic E-state index is -0.903. The summed E-state index contributed by atoms with van der Waals surface area (Å²) in [5.41, 5.74) is 1.93. The zero-order chi connectivity index (χ0) is 24.6. The SMILES string of the molecule is CCOC(=O)c1ccc(NC(=O)c2cccc(N3C(=O)N[C@H]4C[C@@]3(C)Oc3ccccc34)c2)cc1. The Morgan fingerprint density at radius 1 is 1.09 bits per heavy atom. The molecule has 2 heterocycles. The van der Waals surface area contributed by atoms with Crippen LogP contribution in [-0.4, -0.2) is 30.2 Å². The lowest BCUT2D eigenvalue weighted by Crippen LogP contribution is -2.65. The van der Waals surface area contributed by atoms with Crippen molar-refractivity contribution < 1.29 is 23.9 Å². The first-order chi connectivity index (χ1) is 16.9. The number of anilines is 2. The highest BCUT2D eigenvalue weighted by Crippen LogP contribution is 2.45. The molecule has 35 heavy (non-hydrogen) atoms. The molecule has 1 saturated heterocycles. The number of rotatable bonds is 5. The first-order valence-corrected chi connectivity index (χ1v) is 11.5. The number of urea groups is 1. The molecule has 8 nitrogen and oxygen atoms in total. The van der Waals surface area contributed by atoms with Gasteiger partial charge in [0, 0.05) is 23.2 Å². The Balaban J connectivity index is 1.37. The van der Waals surface area contributed by atoms with E-state index in [9.17, 15) is 14.4 Å². The number of benzene rings is 3. The van der Waals surface area contributed by atoms with Crippen LogP contribution in [-0.2, 0) is 4.74 Å². The highest BCUT2D eigenvalue weighted by atomic mass is 16.5. The number of hydrogen-bond acceptors (Lipinski definition) is 5. The van der Waals surface area contributed by atoms with Crippen molar-refractivity contribution in [1.82, 2.24) is 5.32 Å². The van der Waals surface area contributed by atoms with Gasteiger partial charge >= 0.3 is 12.0 Å². The van der Waals surface area contributed by atoms with E-state index in [0.29, 0.717) is 35.5 Å². The first-order valence-electron chi connectivity index (χ1n) is 11.5. The maximum absolute atomic E-state index is 13.1. The molecule has 2 bridgehead atoms. The molecule has 3 aromatic carbocycles. The highest BCUT2D eigenvalue weighted by molar-refractivity contribution is 6.06. The van der Waals surface area contributed by atoms with E-state index in [1.807, 2.05) is 31.2 Å². The zero-order valence-electron chi connectivity index (χ0n) is 19.4. The lowest BCUT2D eigenvalue weighted by atomic mass is 9.90. The van der Waals surface area contributed by atoms with Crippen molar-refractivity contribution in [3.63, 3.8) is 0 Å². The zero-order valence-corrected chi connectivity index (χ0v) is 19.4. The van der Waals surface area contributed by atoms with Gasteiger partial charge in [-0.3, -0.25) is 9.69 Å². The Morgan fingerprint density at radius 2 is 1.86 bits per heavy atom. The number of ether oxygens (including phenoxy) is 2. The molecule has 0 aromatic heterocycles. The van der Waals surface area contributed by atoms with E-state index in [1.165, 1.54) is 0 Å². The molecule has 3 amide bonds. The van der Waals surface area contributed by atoms with Crippen LogP contribution in [0.1, 0.15) is 52.6 Å². The minimum absolute atomic E-state index is 0.141. The molecule has 0 saturated carbocycles. The van der Waals surface area contributed by atoms with Gasteiger partial charge in [-0.2, -0.15) is 0 Å². The molecule has 2 atom stereocenters. The summed E-state index contributed by atoms with van der Waals surface area (Å²) in [5.74, 6) is -0.0244. The molecule has 2 aliphatic heterocycles. The van der Waals surface area contributed by atoms with Crippen LogP contribution in [0.5, 0.6) is 5.75 Å². The Kier molecular flexibility index (Phi) is 5.64. The van der Waals surface area contributed by atoms with E-state index in [0.717, 1.165) is 11.3 Å². The van der Waals surface area contributed by atoms with Gasteiger partial charge < -0.3 is 20.1 Å². The molecule has 2 N–H and O–H groups in total. The Bertz CT molecular complexity index is 1310. The van der Waals surface area contributed by atoms with Crippen molar-refractivity contribution in [3.8, 4) is 5.75 Å². The van der Waals surface area contributed by atoms with Crippen molar-refractivity contribution in [2.75, 3.05) is 16.8 Å². The lowest BCUT2D eigenvalue weighted by Gasteiger charge is -2.50. The Morgan fingerprint density at radius 3 is 2.63 bits per heavy atom. The number of hydrogen-bond donors (Lipinski definition) is 2. The van der Waals surface area contributed by atoms with E-state index in [1.54, 1.807) is 60.4 Å². The molecule has 8 heteroatoms. The molecule has 0 radical (unpaired) electrons. The summed E-state index contributed by atoms with van der Waals surface area (Å²) < 4.78 is 11.3. The van der Waals surface area contributed by atoms with Gasteiger partial charge in [-0.15, -0.1) is 0 Å². The maximum atomic E-state index is 13.1. The van der Waals surface area contributed by atoms with Crippen molar-refractivity contribution in [2.24, 2.45) is 0 Å². The van der Waals surface area contributed by atoms with E-state index >= 15 is 0 Å². The quantitative estimate of drug-likeness (QED) is 0.517. The molecule has 178 valence electrons. The second kappa shape index (κ2) is 8.79. The molecule has 0 aliphatic carbocycles. The standard InChI is InChI=1S/C27H25N3O5/c1-3-34-25(32)17-11-13-19(14-12-17)28-24(31)18-7-6-8-20(15-18)30-26(33)29-22-16-27(30,2)35-23-10-5-4-9-21(22)23/h4-15,22H,3,16H2,1-2H3,(H,28,31)(H,29,33)/t22-,27+/m0/s1. The third-order valence-electron chi connectivity index (χ3n) is 6.20. The first kappa shape index (κ1) is 22.5. The van der Waals surface area contributed by atoms with Gasteiger partial charge in [0.05, 0.1) is 23.9 Å². The number of para-hydroxylation sites is 1. The summed E-state index contributed by atoms with van der Waals surface area (Å²) in [6.45, 7) is 3.92. The molecule has 2 aliphatic rings. The van der Waals surface area contributed by atoms with Gasteiger partial charge in [-0.1, -0.05) is 24.3 Å². The van der Waals surface area contributed by atoms with Crippen LogP contribution in [0.25, 0.3) is 0 Å². The van der Waals surface area contributed by atoms with Gasteiger partial charge in [0.2, 0.25) is 0 Å². The van der Waals surface area contributed by atoms with Crippen molar-refractivity contribution in [2.45, 2.75) is 32.0 Å². The van der Waals surface area contributed by atoms with Crippen LogP contribution in [0.2, 0.25) is 0 Å². The average molecular weight is 472 g/mol. The minimum Gasteiger partial charge on any atom is -0.467 e. The number of carbonyl (C=O) groups is 3. The number of amides is 3. The van der Waals surface area contributed by atoms with Crippen LogP contribution >= 0.6 is 0 Å². The van der Waals surface area contributed by atoms with Crippen LogP contribution in [0.4, 0.5) is 16.2 Å². The van der Waals surface area contributed by atoms with Crippen LogP contribution in [0.15, 0.2) is 72.8 Å². The molecule has 0 unspecified atom stereocenters. The molecular formula is C27H25N3O5. The van der Waals surface area contributed by atoms with Crippen molar-refractivity contribution in [3.05, 3.63) is 89.5 Å². The van der Waals surface area contributed by atoms with Gasteiger partial charge in [-0.05, 0) is 62.4 Å². The highest BCUT2D eigenvalue weighted by Gasteiger charge is 2.49. The third kappa shape index (κ3) is 4.19. The van der Waals surface area contributed by atoms with Gasteiger partial charge in [0.25, 0.3) is 5.91 Å². The molecule has 3 aromatic rings. The normalized spacial score (nSPS) is 20.2. The van der Waals surface area contributed by atoms with Gasteiger partial charge in [0.1, 0.15) is 5.75 Å². The smallest absolute Gasteiger partial charge is 0.338 e. The van der Waals surface area contributed by atoms with E-state index in [2.05, 4.69) is 10.6 Å². The molecule has 5 rings (SSSR count). The predicted octanol–water partition coefficient (Wildman–Crippen LogP) is 4.89. The summed E-state index contributed by atoms with van der Waals surface area (Å²) in [7, 11) is 0. The summed E-state index contributed by atoms with van der Waals surface area (Å²) in [4.78, 5) is 39.5. The maximum Gasteiger partial charge on any atom is 0.338 e. The average Bonchev–Trinajstić information content (AvgIpc) is 2.84. The summed E-state index contributed by atoms with van der Waals surface area (Å²) in [6.07, 6.45) is 0.568. The molecule has 0 spiro atoms. The number of carbonyl (C=O) groups excluding carboxylic acids is 3. The fourth-order valence-corrected chi connectivity index (χ4v) is 4.61. The molecule has 1 fully saturated rings. The van der Waals surface area contributed by atoms with E-state index < -0.39 is 11.7 Å². The van der Waals surface area contributed by atoms with Crippen molar-refractivity contribution in [1.29, 1.82) is 0 Å². The van der Waals surface area contributed by atoms with Crippen LogP contribution < -0.4 is 20.3 Å². The summed E-state index contributed by atoms with van der Waals surface area (Å²) in [6, 6.07) is 20.6. The second-order valence-corrected chi connectivity index (χ2v) is 8.66. The van der Waals surface area contributed by atoms with Gasteiger partial charge in [0.15, 0.2) is 5.72 Å². The second-order valence-electron chi connectivity index (χ2n) is 8.66. The largest absolute Gasteiger partial charge is 0.467 e. The Labute approximate surface area is 202 Å². The summed E-state index contributed by atoms with van der Waals surface area (Å²) in [5, 5.41) is 5.88. The molecular weight excluding hydrogens is 446 g/mol. The third-order valence-corrected chi connectivity index (χ3v) is 6.20. The Hall–Kier alpha value is -4.33. The summed E-state index contributed by atoms with van der Waals surface area (Å²) >= 11 is 0. The number of esters is 1.